The summed E-state index contributed by atoms with van der Waals surface area (Å²) in [5.41, 5.74) is 8.37. The Kier molecular flexibility index (Phi) is 2.72. The summed E-state index contributed by atoms with van der Waals surface area (Å²) in [6, 6.07) is 11.8. The third-order valence-corrected chi connectivity index (χ3v) is 2.80. The van der Waals surface area contributed by atoms with E-state index in [-0.39, 0.29) is 5.95 Å². The molecule has 5 nitrogen and oxygen atoms in total. The summed E-state index contributed by atoms with van der Waals surface area (Å²) >= 11 is 0. The molecular formula is C14H13N5. The van der Waals surface area contributed by atoms with Gasteiger partial charge in [-0.3, -0.25) is 4.98 Å². The fourth-order valence-corrected chi connectivity index (χ4v) is 1.93. The van der Waals surface area contributed by atoms with Crippen LogP contribution in [0.2, 0.25) is 0 Å². The van der Waals surface area contributed by atoms with E-state index in [1.807, 2.05) is 31.2 Å². The second kappa shape index (κ2) is 4.53. The zero-order valence-electron chi connectivity index (χ0n) is 10.5. The van der Waals surface area contributed by atoms with Crippen molar-refractivity contribution in [3.8, 4) is 0 Å². The largest absolute Gasteiger partial charge is 0.368 e. The molecule has 19 heavy (non-hydrogen) atoms. The third kappa shape index (κ3) is 2.30. The summed E-state index contributed by atoms with van der Waals surface area (Å²) in [4.78, 5) is 12.6. The number of pyridine rings is 1. The molecule has 0 fully saturated rings. The zero-order valence-corrected chi connectivity index (χ0v) is 10.5. The molecule has 2 heterocycles. The van der Waals surface area contributed by atoms with E-state index in [0.29, 0.717) is 5.82 Å². The van der Waals surface area contributed by atoms with Gasteiger partial charge in [0.25, 0.3) is 0 Å². The number of fused-ring (bicyclic) bond motifs is 1. The second-order valence-corrected chi connectivity index (χ2v) is 4.26. The van der Waals surface area contributed by atoms with Crippen molar-refractivity contribution in [1.82, 2.24) is 15.0 Å². The highest BCUT2D eigenvalue weighted by atomic mass is 15.1. The lowest BCUT2D eigenvalue weighted by molar-refractivity contribution is 1.18. The topological polar surface area (TPSA) is 76.7 Å². The lowest BCUT2D eigenvalue weighted by Gasteiger charge is -2.09. The summed E-state index contributed by atoms with van der Waals surface area (Å²) in [5.74, 6) is 0.901. The van der Waals surface area contributed by atoms with Gasteiger partial charge in [-0.05, 0) is 25.1 Å². The average molecular weight is 251 g/mol. The van der Waals surface area contributed by atoms with Gasteiger partial charge >= 0.3 is 0 Å². The van der Waals surface area contributed by atoms with E-state index < -0.39 is 0 Å². The van der Waals surface area contributed by atoms with Gasteiger partial charge in [-0.25, -0.2) is 4.98 Å². The van der Waals surface area contributed by atoms with Gasteiger partial charge in [0.15, 0.2) is 0 Å². The number of nitrogens with one attached hydrogen (secondary N) is 1. The van der Waals surface area contributed by atoms with Crippen molar-refractivity contribution in [3.63, 3.8) is 0 Å². The molecule has 3 aromatic rings. The number of nitrogen functional groups attached to an aromatic ring is 1. The van der Waals surface area contributed by atoms with Crippen LogP contribution < -0.4 is 11.1 Å². The van der Waals surface area contributed by atoms with Crippen LogP contribution in [0.3, 0.4) is 0 Å². The van der Waals surface area contributed by atoms with E-state index in [9.17, 15) is 0 Å². The number of aryl methyl sites for hydroxylation is 1. The molecular weight excluding hydrogens is 238 g/mol. The first-order chi connectivity index (χ1) is 9.22. The first kappa shape index (κ1) is 11.4. The monoisotopic (exact) mass is 251 g/mol. The van der Waals surface area contributed by atoms with Crippen LogP contribution in [0.15, 0.2) is 42.6 Å². The quantitative estimate of drug-likeness (QED) is 0.732. The molecule has 0 atom stereocenters. The van der Waals surface area contributed by atoms with Crippen molar-refractivity contribution in [2.24, 2.45) is 0 Å². The standard InChI is InChI=1S/C14H13N5/c1-9-5-6-10-3-2-4-11(13(10)17-9)18-12-7-8-16-14(15)19-12/h2-8H,1H3,(H3,15,16,18,19). The zero-order chi connectivity index (χ0) is 13.2. The Labute approximate surface area is 110 Å². The summed E-state index contributed by atoms with van der Waals surface area (Å²) in [5, 5.41) is 4.30. The fraction of sp³-hybridized carbons (Fsp3) is 0.0714. The van der Waals surface area contributed by atoms with Gasteiger partial charge in [-0.15, -0.1) is 0 Å². The Morgan fingerprint density at radius 3 is 2.79 bits per heavy atom. The second-order valence-electron chi connectivity index (χ2n) is 4.26. The third-order valence-electron chi connectivity index (χ3n) is 2.80. The van der Waals surface area contributed by atoms with Crippen molar-refractivity contribution < 1.29 is 0 Å². The van der Waals surface area contributed by atoms with Crippen molar-refractivity contribution in [3.05, 3.63) is 48.3 Å². The SMILES string of the molecule is Cc1ccc2cccc(Nc3ccnc(N)n3)c2n1. The highest BCUT2D eigenvalue weighted by Crippen LogP contribution is 2.24. The predicted octanol–water partition coefficient (Wildman–Crippen LogP) is 2.66. The van der Waals surface area contributed by atoms with Crippen molar-refractivity contribution in [2.45, 2.75) is 6.92 Å². The normalized spacial score (nSPS) is 10.6. The number of aromatic nitrogens is 3. The molecule has 0 aliphatic heterocycles. The van der Waals surface area contributed by atoms with Crippen molar-refractivity contribution in [2.75, 3.05) is 11.1 Å². The van der Waals surface area contributed by atoms with Crippen LogP contribution in [0, 0.1) is 6.92 Å². The first-order valence-corrected chi connectivity index (χ1v) is 5.94. The minimum absolute atomic E-state index is 0.245. The van der Waals surface area contributed by atoms with Crippen molar-refractivity contribution in [1.29, 1.82) is 0 Å². The Bertz CT molecular complexity index is 739. The van der Waals surface area contributed by atoms with Gasteiger partial charge in [-0.1, -0.05) is 18.2 Å². The van der Waals surface area contributed by atoms with Crippen LogP contribution in [0.5, 0.6) is 0 Å². The van der Waals surface area contributed by atoms with E-state index in [1.165, 1.54) is 0 Å². The maximum atomic E-state index is 5.57. The lowest BCUT2D eigenvalue weighted by Crippen LogP contribution is -2.00. The highest BCUT2D eigenvalue weighted by molar-refractivity contribution is 5.91. The van der Waals surface area contributed by atoms with Crippen LogP contribution >= 0.6 is 0 Å². The number of nitrogens with zero attached hydrogens (tertiary/aromatic N) is 3. The van der Waals surface area contributed by atoms with Gasteiger partial charge in [0.1, 0.15) is 5.82 Å². The van der Waals surface area contributed by atoms with Crippen LogP contribution in [0.25, 0.3) is 10.9 Å². The molecule has 0 aliphatic carbocycles. The van der Waals surface area contributed by atoms with Gasteiger partial charge in [0.05, 0.1) is 11.2 Å². The van der Waals surface area contributed by atoms with Crippen LogP contribution in [-0.4, -0.2) is 15.0 Å². The van der Waals surface area contributed by atoms with E-state index >= 15 is 0 Å². The predicted molar refractivity (Wildman–Crippen MR) is 76.2 cm³/mol. The number of rotatable bonds is 2. The summed E-state index contributed by atoms with van der Waals surface area (Å²) in [6.45, 7) is 1.97. The Morgan fingerprint density at radius 2 is 1.95 bits per heavy atom. The van der Waals surface area contributed by atoms with Crippen molar-refractivity contribution >= 4 is 28.4 Å². The molecule has 0 radical (unpaired) electrons. The van der Waals surface area contributed by atoms with E-state index in [4.69, 9.17) is 5.73 Å². The Balaban J connectivity index is 2.07. The fourth-order valence-electron chi connectivity index (χ4n) is 1.93. The highest BCUT2D eigenvalue weighted by Gasteiger charge is 2.04. The molecule has 3 N–H and O–H groups in total. The molecule has 0 amide bonds. The molecule has 0 aliphatic rings. The molecule has 0 saturated carbocycles. The van der Waals surface area contributed by atoms with Crippen LogP contribution in [-0.2, 0) is 0 Å². The smallest absolute Gasteiger partial charge is 0.221 e. The lowest BCUT2D eigenvalue weighted by atomic mass is 10.1. The average Bonchev–Trinajstić information content (AvgIpc) is 2.39. The first-order valence-electron chi connectivity index (χ1n) is 5.94. The number of nitrogens with two attached hydrogens (primary N) is 1. The van der Waals surface area contributed by atoms with Gasteiger partial charge in [0, 0.05) is 17.3 Å². The molecule has 0 unspecified atom stereocenters. The van der Waals surface area contributed by atoms with Gasteiger partial charge < -0.3 is 11.1 Å². The molecule has 0 saturated heterocycles. The van der Waals surface area contributed by atoms with E-state index in [2.05, 4.69) is 26.3 Å². The minimum Gasteiger partial charge on any atom is -0.368 e. The van der Waals surface area contributed by atoms with E-state index in [1.54, 1.807) is 12.3 Å². The number of hydrogen-bond donors (Lipinski definition) is 2. The number of benzene rings is 1. The van der Waals surface area contributed by atoms with E-state index in [0.717, 1.165) is 22.3 Å². The number of hydrogen-bond acceptors (Lipinski definition) is 5. The Hall–Kier alpha value is -2.69. The molecule has 1 aromatic carbocycles. The molecule has 2 aromatic heterocycles. The molecule has 5 heteroatoms. The maximum Gasteiger partial charge on any atom is 0.221 e. The summed E-state index contributed by atoms with van der Waals surface area (Å²) in [7, 11) is 0. The molecule has 94 valence electrons. The van der Waals surface area contributed by atoms with Crippen LogP contribution in [0.4, 0.5) is 17.5 Å². The number of anilines is 3. The Morgan fingerprint density at radius 1 is 1.05 bits per heavy atom. The van der Waals surface area contributed by atoms with Gasteiger partial charge in [0.2, 0.25) is 5.95 Å². The summed E-state index contributed by atoms with van der Waals surface area (Å²) < 4.78 is 0. The van der Waals surface area contributed by atoms with Crippen LogP contribution in [0.1, 0.15) is 5.69 Å². The number of para-hydroxylation sites is 1. The van der Waals surface area contributed by atoms with Gasteiger partial charge in [-0.2, -0.15) is 4.98 Å². The molecule has 3 rings (SSSR count). The molecule has 0 spiro atoms. The summed E-state index contributed by atoms with van der Waals surface area (Å²) in [6.07, 6.45) is 1.62. The maximum absolute atomic E-state index is 5.57. The molecule has 0 bridgehead atoms. The minimum atomic E-state index is 0.245.